The first kappa shape index (κ1) is 78.3. The Morgan fingerprint density at radius 1 is 0.325 bits per heavy atom. The summed E-state index contributed by atoms with van der Waals surface area (Å²) in [7, 11) is 6.00. The van der Waals surface area contributed by atoms with Crippen LogP contribution in [0.1, 0.15) is 380 Å². The van der Waals surface area contributed by atoms with Crippen LogP contribution >= 0.6 is 0 Å². The summed E-state index contributed by atoms with van der Waals surface area (Å²) >= 11 is 0. The van der Waals surface area contributed by atoms with Crippen LogP contribution in [0.3, 0.4) is 0 Å². The molecule has 0 heterocycles. The van der Waals surface area contributed by atoms with Crippen molar-refractivity contribution in [3.05, 3.63) is 0 Å². The summed E-state index contributed by atoms with van der Waals surface area (Å²) < 4.78 is 23.0. The molecule has 80 heavy (non-hydrogen) atoms. The second-order valence-electron chi connectivity index (χ2n) is 25.9. The molecule has 0 spiro atoms. The second-order valence-corrected chi connectivity index (χ2v) is 25.9. The molecule has 0 aromatic heterocycles. The van der Waals surface area contributed by atoms with Crippen molar-refractivity contribution in [2.75, 3.05) is 47.5 Å². The van der Waals surface area contributed by atoms with Crippen LogP contribution in [0.15, 0.2) is 0 Å². The van der Waals surface area contributed by atoms with E-state index in [-0.39, 0.29) is 38.2 Å². The average molecular weight is 1140 g/mol. The number of aliphatic carboxylic acids is 1. The van der Waals surface area contributed by atoms with E-state index in [4.69, 9.17) is 18.9 Å². The average Bonchev–Trinajstić information content (AvgIpc) is 3.43. The standard InChI is InChI=1S/C71H139NO8/c1-6-8-10-12-14-16-18-20-22-24-26-28-30-31-32-33-34-35-36-37-38-40-42-44-46-48-50-52-54-56-58-60-62-69(74)80-67(66-79-71(70(75)76)77-64-63-72(3,4)5)65-78-68(73)61-59-57-55-53-51-49-47-45-43-41-39-29-27-25-23-21-19-17-15-13-11-9-7-2/h67,71H,6-66H2,1-5H3/p+1. The minimum absolute atomic E-state index is 0.172. The van der Waals surface area contributed by atoms with Crippen molar-refractivity contribution in [3.8, 4) is 0 Å². The quantitative estimate of drug-likeness (QED) is 0.0278. The van der Waals surface area contributed by atoms with Gasteiger partial charge in [-0.05, 0) is 12.8 Å². The Morgan fingerprint density at radius 3 is 0.800 bits per heavy atom. The number of ether oxygens (including phenoxy) is 4. The van der Waals surface area contributed by atoms with E-state index < -0.39 is 18.4 Å². The maximum atomic E-state index is 12.9. The van der Waals surface area contributed by atoms with Crippen LogP contribution in [-0.4, -0.2) is 87.4 Å². The van der Waals surface area contributed by atoms with Crippen LogP contribution in [0, 0.1) is 0 Å². The number of likely N-dealkylation sites (N-methyl/N-ethyl adjacent to an activating group) is 1. The largest absolute Gasteiger partial charge is 0.477 e. The molecular weight excluding hydrogens is 995 g/mol. The van der Waals surface area contributed by atoms with Crippen molar-refractivity contribution in [2.24, 2.45) is 0 Å². The highest BCUT2D eigenvalue weighted by atomic mass is 16.7. The third-order valence-corrected chi connectivity index (χ3v) is 16.6. The molecule has 1 N–H and O–H groups in total. The third kappa shape index (κ3) is 63.9. The van der Waals surface area contributed by atoms with Crippen molar-refractivity contribution in [2.45, 2.75) is 392 Å². The van der Waals surface area contributed by atoms with Crippen molar-refractivity contribution in [3.63, 3.8) is 0 Å². The Balaban J connectivity index is 4.01. The summed E-state index contributed by atoms with van der Waals surface area (Å²) in [6.45, 7) is 4.97. The Labute approximate surface area is 498 Å². The fourth-order valence-corrected chi connectivity index (χ4v) is 11.1. The van der Waals surface area contributed by atoms with Crippen LogP contribution in [0.25, 0.3) is 0 Å². The molecule has 0 amide bonds. The number of rotatable bonds is 68. The second kappa shape index (κ2) is 63.3. The zero-order valence-corrected chi connectivity index (χ0v) is 54.5. The van der Waals surface area contributed by atoms with E-state index in [9.17, 15) is 19.5 Å². The van der Waals surface area contributed by atoms with Crippen LogP contribution < -0.4 is 0 Å². The molecule has 9 heteroatoms. The van der Waals surface area contributed by atoms with E-state index in [0.29, 0.717) is 17.4 Å². The van der Waals surface area contributed by atoms with Gasteiger partial charge in [0.25, 0.3) is 6.29 Å². The molecule has 0 saturated heterocycles. The maximum absolute atomic E-state index is 12.9. The molecule has 9 nitrogen and oxygen atoms in total. The van der Waals surface area contributed by atoms with Crippen molar-refractivity contribution >= 4 is 17.9 Å². The highest BCUT2D eigenvalue weighted by molar-refractivity contribution is 5.71. The molecule has 476 valence electrons. The summed E-state index contributed by atoms with van der Waals surface area (Å²) in [6, 6.07) is 0. The fourth-order valence-electron chi connectivity index (χ4n) is 11.1. The van der Waals surface area contributed by atoms with E-state index in [1.54, 1.807) is 0 Å². The topological polar surface area (TPSA) is 108 Å². The number of carboxylic acid groups (broad SMARTS) is 1. The van der Waals surface area contributed by atoms with Crippen LogP contribution in [0.5, 0.6) is 0 Å². The molecule has 0 rings (SSSR count). The fraction of sp³-hybridized carbons (Fsp3) is 0.958. The van der Waals surface area contributed by atoms with Crippen LogP contribution in [0.4, 0.5) is 0 Å². The highest BCUT2D eigenvalue weighted by Gasteiger charge is 2.25. The first-order chi connectivity index (χ1) is 39.1. The molecule has 0 saturated carbocycles. The van der Waals surface area contributed by atoms with Crippen LogP contribution in [-0.2, 0) is 33.3 Å². The van der Waals surface area contributed by atoms with Gasteiger partial charge in [0, 0.05) is 12.8 Å². The minimum Gasteiger partial charge on any atom is -0.477 e. The molecule has 0 aromatic rings. The Bertz CT molecular complexity index is 1270. The third-order valence-electron chi connectivity index (χ3n) is 16.6. The molecule has 0 aliphatic carbocycles. The van der Waals surface area contributed by atoms with Gasteiger partial charge >= 0.3 is 17.9 Å². The predicted molar refractivity (Wildman–Crippen MR) is 342 cm³/mol. The summed E-state index contributed by atoms with van der Waals surface area (Å²) in [5.74, 6) is -1.96. The molecule has 0 radical (unpaired) electrons. The summed E-state index contributed by atoms with van der Waals surface area (Å²) in [4.78, 5) is 37.6. The number of carbonyl (C=O) groups excluding carboxylic acids is 2. The van der Waals surface area contributed by atoms with Gasteiger partial charge in [0.1, 0.15) is 13.2 Å². The number of carboxylic acids is 1. The normalized spacial score (nSPS) is 12.6. The van der Waals surface area contributed by atoms with E-state index in [2.05, 4.69) is 13.8 Å². The zero-order valence-electron chi connectivity index (χ0n) is 54.5. The Morgan fingerprint density at radius 2 is 0.562 bits per heavy atom. The SMILES string of the molecule is CCCCCCCCCCCCCCCCCCCCCCCCCCCCCCCCCCC(=O)OC(COC(=O)CCCCCCCCCCCCCCCCCCCCCCCCC)COC(OCC[N+](C)(C)C)C(=O)O. The van der Waals surface area contributed by atoms with Gasteiger partial charge in [-0.3, -0.25) is 9.59 Å². The van der Waals surface area contributed by atoms with Gasteiger partial charge in [-0.1, -0.05) is 354 Å². The summed E-state index contributed by atoms with van der Waals surface area (Å²) in [5, 5.41) is 9.74. The zero-order chi connectivity index (χ0) is 58.3. The lowest BCUT2D eigenvalue weighted by Gasteiger charge is -2.25. The monoisotopic (exact) mass is 1140 g/mol. The first-order valence-electron chi connectivity index (χ1n) is 35.7. The van der Waals surface area contributed by atoms with Gasteiger partial charge in [-0.15, -0.1) is 0 Å². The summed E-state index contributed by atoms with van der Waals surface area (Å²) in [6.07, 6.45) is 72.3. The first-order valence-corrected chi connectivity index (χ1v) is 35.7. The van der Waals surface area contributed by atoms with Gasteiger partial charge in [-0.2, -0.15) is 0 Å². The lowest BCUT2D eigenvalue weighted by molar-refractivity contribution is -0.870. The minimum atomic E-state index is -1.50. The van der Waals surface area contributed by atoms with Crippen molar-refractivity contribution < 1.29 is 42.9 Å². The lowest BCUT2D eigenvalue weighted by atomic mass is 10.0. The molecule has 2 atom stereocenters. The lowest BCUT2D eigenvalue weighted by Crippen LogP contribution is -2.40. The number of nitrogens with zero attached hydrogens (tertiary/aromatic N) is 1. The number of carbonyl (C=O) groups is 3. The Kier molecular flexibility index (Phi) is 62.0. The summed E-state index contributed by atoms with van der Waals surface area (Å²) in [5.41, 5.74) is 0. The molecule has 0 bridgehead atoms. The smallest absolute Gasteiger partial charge is 0.361 e. The number of quaternary nitrogens is 1. The molecule has 0 fully saturated rings. The van der Waals surface area contributed by atoms with E-state index in [1.807, 2.05) is 21.1 Å². The van der Waals surface area contributed by atoms with E-state index >= 15 is 0 Å². The predicted octanol–water partition coefficient (Wildman–Crippen LogP) is 21.9. The molecule has 0 aliphatic rings. The molecule has 2 unspecified atom stereocenters. The van der Waals surface area contributed by atoms with Gasteiger partial charge < -0.3 is 28.5 Å². The van der Waals surface area contributed by atoms with Gasteiger partial charge in [0.15, 0.2) is 6.10 Å². The van der Waals surface area contributed by atoms with Crippen molar-refractivity contribution in [1.82, 2.24) is 0 Å². The highest BCUT2D eigenvalue weighted by Crippen LogP contribution is 2.20. The van der Waals surface area contributed by atoms with Gasteiger partial charge in [0.05, 0.1) is 34.4 Å². The van der Waals surface area contributed by atoms with E-state index in [1.165, 1.54) is 315 Å². The Hall–Kier alpha value is -1.71. The number of hydrogen-bond acceptors (Lipinski definition) is 7. The maximum Gasteiger partial charge on any atom is 0.361 e. The van der Waals surface area contributed by atoms with E-state index in [0.717, 1.165) is 38.5 Å². The number of unbranched alkanes of at least 4 members (excludes halogenated alkanes) is 53. The number of esters is 2. The van der Waals surface area contributed by atoms with Gasteiger partial charge in [0.2, 0.25) is 0 Å². The van der Waals surface area contributed by atoms with Crippen LogP contribution in [0.2, 0.25) is 0 Å². The number of hydrogen-bond donors (Lipinski definition) is 1. The van der Waals surface area contributed by atoms with Gasteiger partial charge in [-0.25, -0.2) is 4.79 Å². The van der Waals surface area contributed by atoms with Crippen molar-refractivity contribution in [1.29, 1.82) is 0 Å². The molecule has 0 aliphatic heterocycles. The molecular formula is C71H140NO8+. The molecule has 0 aromatic carbocycles.